The Hall–Kier alpha value is -1.17. The molecule has 0 aliphatic carbocycles. The molecule has 17 heavy (non-hydrogen) atoms. The van der Waals surface area contributed by atoms with Crippen molar-refractivity contribution in [3.05, 3.63) is 34.6 Å². The Labute approximate surface area is 103 Å². The molecule has 1 aromatic carbocycles. The molecule has 1 aromatic rings. The Bertz CT molecular complexity index is 422. The molecule has 0 aromatic heterocycles. The number of ether oxygens (including phenoxy) is 1. The van der Waals surface area contributed by atoms with E-state index in [-0.39, 0.29) is 5.56 Å². The lowest BCUT2D eigenvalue weighted by atomic mass is 10.2. The van der Waals surface area contributed by atoms with Crippen molar-refractivity contribution >= 4 is 17.5 Å². The zero-order valence-electron chi connectivity index (χ0n) is 9.08. The van der Waals surface area contributed by atoms with Crippen LogP contribution < -0.4 is 5.43 Å². The summed E-state index contributed by atoms with van der Waals surface area (Å²) < 4.78 is 18.6. The van der Waals surface area contributed by atoms with Crippen molar-refractivity contribution in [2.24, 2.45) is 0 Å². The van der Waals surface area contributed by atoms with Gasteiger partial charge in [-0.3, -0.25) is 10.2 Å². The Morgan fingerprint density at radius 1 is 1.41 bits per heavy atom. The van der Waals surface area contributed by atoms with E-state index in [4.69, 9.17) is 16.3 Å². The maximum atomic E-state index is 13.4. The van der Waals surface area contributed by atoms with Crippen LogP contribution in [0.5, 0.6) is 0 Å². The van der Waals surface area contributed by atoms with Gasteiger partial charge in [-0.25, -0.2) is 9.40 Å². The van der Waals surface area contributed by atoms with E-state index < -0.39 is 11.7 Å². The first-order valence-electron chi connectivity index (χ1n) is 5.25. The highest BCUT2D eigenvalue weighted by Crippen LogP contribution is 2.14. The van der Waals surface area contributed by atoms with Crippen LogP contribution in [0.4, 0.5) is 4.39 Å². The average molecular weight is 259 g/mol. The number of amides is 1. The Kier molecular flexibility index (Phi) is 3.93. The number of hydrogen-bond donors (Lipinski definition) is 1. The number of benzene rings is 1. The van der Waals surface area contributed by atoms with E-state index in [0.29, 0.717) is 31.3 Å². The molecular formula is C11H12ClFN2O2. The summed E-state index contributed by atoms with van der Waals surface area (Å²) in [6.07, 6.45) is 0. The van der Waals surface area contributed by atoms with Gasteiger partial charge in [0.25, 0.3) is 5.91 Å². The summed E-state index contributed by atoms with van der Waals surface area (Å²) in [7, 11) is 0. The number of halogens is 2. The smallest absolute Gasteiger partial charge is 0.268 e. The fourth-order valence-corrected chi connectivity index (χ4v) is 1.72. The SMILES string of the molecule is O=C(NN1CCOCC1)c1cc(Cl)ccc1F. The molecule has 1 N–H and O–H groups in total. The number of carbonyl (C=O) groups is 1. The third kappa shape index (κ3) is 3.15. The maximum Gasteiger partial charge on any atom is 0.268 e. The highest BCUT2D eigenvalue weighted by atomic mass is 35.5. The molecule has 1 amide bonds. The second-order valence-corrected chi connectivity index (χ2v) is 4.10. The molecule has 0 spiro atoms. The van der Waals surface area contributed by atoms with Crippen LogP contribution in [0.25, 0.3) is 0 Å². The summed E-state index contributed by atoms with van der Waals surface area (Å²) >= 11 is 5.72. The van der Waals surface area contributed by atoms with Gasteiger partial charge in [-0.2, -0.15) is 0 Å². The van der Waals surface area contributed by atoms with Crippen LogP contribution in [0.3, 0.4) is 0 Å². The molecule has 6 heteroatoms. The second kappa shape index (κ2) is 5.44. The van der Waals surface area contributed by atoms with Crippen molar-refractivity contribution < 1.29 is 13.9 Å². The van der Waals surface area contributed by atoms with Gasteiger partial charge < -0.3 is 4.74 Å². The van der Waals surface area contributed by atoms with Gasteiger partial charge in [0.05, 0.1) is 18.8 Å². The summed E-state index contributed by atoms with van der Waals surface area (Å²) in [6.45, 7) is 2.29. The quantitative estimate of drug-likeness (QED) is 0.873. The number of nitrogens with one attached hydrogen (secondary N) is 1. The molecule has 1 saturated heterocycles. The largest absolute Gasteiger partial charge is 0.379 e. The van der Waals surface area contributed by atoms with Gasteiger partial charge in [-0.1, -0.05) is 11.6 Å². The molecular weight excluding hydrogens is 247 g/mol. The van der Waals surface area contributed by atoms with Crippen LogP contribution in [0, 0.1) is 5.82 Å². The minimum absolute atomic E-state index is 0.0519. The Balaban J connectivity index is 2.05. The van der Waals surface area contributed by atoms with Crippen LogP contribution in [-0.2, 0) is 4.74 Å². The van der Waals surface area contributed by atoms with Crippen molar-refractivity contribution in [3.63, 3.8) is 0 Å². The summed E-state index contributed by atoms with van der Waals surface area (Å²) in [5, 5.41) is 2.03. The van der Waals surface area contributed by atoms with E-state index in [0.717, 1.165) is 0 Å². The average Bonchev–Trinajstić information content (AvgIpc) is 2.33. The monoisotopic (exact) mass is 258 g/mol. The Morgan fingerprint density at radius 3 is 2.82 bits per heavy atom. The lowest BCUT2D eigenvalue weighted by Gasteiger charge is -2.26. The van der Waals surface area contributed by atoms with E-state index in [2.05, 4.69) is 5.43 Å². The predicted octanol–water partition coefficient (Wildman–Crippen LogP) is 1.46. The number of rotatable bonds is 2. The van der Waals surface area contributed by atoms with Gasteiger partial charge in [-0.15, -0.1) is 0 Å². The summed E-state index contributed by atoms with van der Waals surface area (Å²) in [5.41, 5.74) is 2.57. The first-order valence-corrected chi connectivity index (χ1v) is 5.63. The van der Waals surface area contributed by atoms with E-state index in [1.807, 2.05) is 0 Å². The number of hydrazine groups is 1. The van der Waals surface area contributed by atoms with E-state index in [9.17, 15) is 9.18 Å². The predicted molar refractivity (Wildman–Crippen MR) is 61.3 cm³/mol. The summed E-state index contributed by atoms with van der Waals surface area (Å²) in [5.74, 6) is -1.08. The van der Waals surface area contributed by atoms with Gasteiger partial charge in [0.1, 0.15) is 5.82 Å². The molecule has 1 fully saturated rings. The number of hydrogen-bond acceptors (Lipinski definition) is 3. The zero-order chi connectivity index (χ0) is 12.3. The molecule has 0 atom stereocenters. The summed E-state index contributed by atoms with van der Waals surface area (Å²) in [4.78, 5) is 11.8. The normalized spacial score (nSPS) is 16.8. The number of nitrogens with zero attached hydrogens (tertiary/aromatic N) is 1. The second-order valence-electron chi connectivity index (χ2n) is 3.66. The minimum atomic E-state index is -0.583. The minimum Gasteiger partial charge on any atom is -0.379 e. The van der Waals surface area contributed by atoms with Crippen LogP contribution in [-0.4, -0.2) is 37.2 Å². The van der Waals surface area contributed by atoms with Crippen LogP contribution in [0.15, 0.2) is 18.2 Å². The molecule has 0 unspecified atom stereocenters. The first-order chi connectivity index (χ1) is 8.16. The van der Waals surface area contributed by atoms with Gasteiger partial charge in [0, 0.05) is 18.1 Å². The molecule has 1 aliphatic rings. The lowest BCUT2D eigenvalue weighted by molar-refractivity contribution is 0.0125. The van der Waals surface area contributed by atoms with Crippen molar-refractivity contribution in [3.8, 4) is 0 Å². The number of carbonyl (C=O) groups excluding carboxylic acids is 1. The van der Waals surface area contributed by atoms with Gasteiger partial charge in [0.15, 0.2) is 0 Å². The third-order valence-electron chi connectivity index (χ3n) is 2.44. The van der Waals surface area contributed by atoms with E-state index in [1.54, 1.807) is 5.01 Å². The first kappa shape index (κ1) is 12.3. The molecule has 4 nitrogen and oxygen atoms in total. The maximum absolute atomic E-state index is 13.4. The highest BCUT2D eigenvalue weighted by molar-refractivity contribution is 6.30. The fourth-order valence-electron chi connectivity index (χ4n) is 1.55. The number of morpholine rings is 1. The lowest BCUT2D eigenvalue weighted by Crippen LogP contribution is -2.48. The molecule has 1 aliphatic heterocycles. The molecule has 0 bridgehead atoms. The molecule has 2 rings (SSSR count). The van der Waals surface area contributed by atoms with E-state index in [1.165, 1.54) is 18.2 Å². The van der Waals surface area contributed by atoms with Crippen molar-refractivity contribution in [1.82, 2.24) is 10.4 Å². The highest BCUT2D eigenvalue weighted by Gasteiger charge is 2.17. The van der Waals surface area contributed by atoms with E-state index >= 15 is 0 Å². The molecule has 1 heterocycles. The van der Waals surface area contributed by atoms with Crippen molar-refractivity contribution in [2.75, 3.05) is 26.3 Å². The molecule has 0 radical (unpaired) electrons. The van der Waals surface area contributed by atoms with Crippen LogP contribution >= 0.6 is 11.6 Å². The third-order valence-corrected chi connectivity index (χ3v) is 2.68. The zero-order valence-corrected chi connectivity index (χ0v) is 9.84. The topological polar surface area (TPSA) is 41.6 Å². The van der Waals surface area contributed by atoms with Gasteiger partial charge >= 0.3 is 0 Å². The van der Waals surface area contributed by atoms with Crippen LogP contribution in [0.1, 0.15) is 10.4 Å². The standard InChI is InChI=1S/C11H12ClFN2O2/c12-8-1-2-10(13)9(7-8)11(16)14-15-3-5-17-6-4-15/h1-2,7H,3-6H2,(H,14,16). The fraction of sp³-hybridized carbons (Fsp3) is 0.364. The summed E-state index contributed by atoms with van der Waals surface area (Å²) in [6, 6.07) is 3.89. The molecule has 92 valence electrons. The van der Waals surface area contributed by atoms with Crippen LogP contribution in [0.2, 0.25) is 5.02 Å². The Morgan fingerprint density at radius 2 is 2.12 bits per heavy atom. The van der Waals surface area contributed by atoms with Crippen molar-refractivity contribution in [2.45, 2.75) is 0 Å². The molecule has 0 saturated carbocycles. The van der Waals surface area contributed by atoms with Gasteiger partial charge in [-0.05, 0) is 18.2 Å². The van der Waals surface area contributed by atoms with Crippen molar-refractivity contribution in [1.29, 1.82) is 0 Å². The van der Waals surface area contributed by atoms with Gasteiger partial charge in [0.2, 0.25) is 0 Å².